The van der Waals surface area contributed by atoms with Crippen molar-refractivity contribution in [1.29, 1.82) is 0 Å². The van der Waals surface area contributed by atoms with E-state index in [0.717, 1.165) is 66.1 Å². The molecule has 0 atom stereocenters. The van der Waals surface area contributed by atoms with Crippen LogP contribution in [0.3, 0.4) is 0 Å². The second-order valence-corrected chi connectivity index (χ2v) is 10.2. The number of pyridine rings is 1. The van der Waals surface area contributed by atoms with E-state index in [1.54, 1.807) is 0 Å². The zero-order valence-electron chi connectivity index (χ0n) is 19.6. The number of aryl methyl sites for hydroxylation is 2. The van der Waals surface area contributed by atoms with Crippen LogP contribution in [0.2, 0.25) is 0 Å². The number of sulfonamides is 1. The molecule has 10 heteroatoms. The topological polar surface area (TPSA) is 103 Å². The number of aromatic nitrogens is 3. The number of rotatable bonds is 11. The lowest BCUT2D eigenvalue weighted by atomic mass is 10.1. The third-order valence-electron chi connectivity index (χ3n) is 5.98. The number of unbranched alkanes of at least 4 members (excludes halogenated alkanes) is 3. The fraction of sp³-hybridized carbons (Fsp3) is 0.360. The van der Waals surface area contributed by atoms with Gasteiger partial charge in [-0.2, -0.15) is 0 Å². The highest BCUT2D eigenvalue weighted by Crippen LogP contribution is 2.29. The van der Waals surface area contributed by atoms with E-state index in [4.69, 9.17) is 10.7 Å². The van der Waals surface area contributed by atoms with Gasteiger partial charge in [-0.15, -0.1) is 0 Å². The Hall–Kier alpha value is -3.11. The zero-order valence-corrected chi connectivity index (χ0v) is 20.4. The minimum atomic E-state index is -4.29. The van der Waals surface area contributed by atoms with Crippen LogP contribution >= 0.6 is 0 Å². The summed E-state index contributed by atoms with van der Waals surface area (Å²) in [5.41, 5.74) is 8.63. The lowest BCUT2D eigenvalue weighted by Crippen LogP contribution is -2.27. The van der Waals surface area contributed by atoms with Crippen LogP contribution in [0.1, 0.15) is 44.9 Å². The third kappa shape index (κ3) is 5.28. The van der Waals surface area contributed by atoms with E-state index in [2.05, 4.69) is 21.2 Å². The molecule has 0 saturated carbocycles. The minimum Gasteiger partial charge on any atom is -0.382 e. The summed E-state index contributed by atoms with van der Waals surface area (Å²) in [6.07, 6.45) is 5.09. The first kappa shape index (κ1) is 25.0. The number of para-hydroxylation sites is 1. The summed E-state index contributed by atoms with van der Waals surface area (Å²) in [6.45, 7) is 2.80. The summed E-state index contributed by atoms with van der Waals surface area (Å²) in [5.74, 6) is -0.921. The Bertz CT molecular complexity index is 1430. The van der Waals surface area contributed by atoms with E-state index in [9.17, 15) is 17.2 Å². The quantitative estimate of drug-likeness (QED) is 0.284. The van der Waals surface area contributed by atoms with Gasteiger partial charge in [0.1, 0.15) is 23.0 Å². The summed E-state index contributed by atoms with van der Waals surface area (Å²) in [5, 5.41) is 0.960. The first-order chi connectivity index (χ1) is 16.8. The maximum Gasteiger partial charge on any atom is 0.246 e. The highest BCUT2D eigenvalue weighted by molar-refractivity contribution is 7.89. The molecule has 7 nitrogen and oxygen atoms in total. The standard InChI is InChI=1S/C25H29F2N5O2S/c1-2-3-4-14-21-31-22-23(17-10-5-6-13-20(17)30-25(22)28)32(21)16-8-7-15-29-35(33,34)24-18(26)11-9-12-19(24)27/h5-6,9-13,29H,2-4,7-8,14-16H2,1H3,(H2,28,30). The van der Waals surface area contributed by atoms with Crippen LogP contribution in [-0.4, -0.2) is 29.5 Å². The molecular formula is C25H29F2N5O2S. The molecule has 0 aliphatic heterocycles. The van der Waals surface area contributed by atoms with Crippen LogP contribution in [0, 0.1) is 11.6 Å². The van der Waals surface area contributed by atoms with Crippen molar-refractivity contribution in [2.24, 2.45) is 0 Å². The van der Waals surface area contributed by atoms with Crippen molar-refractivity contribution in [3.63, 3.8) is 0 Å². The molecule has 0 spiro atoms. The molecule has 0 aliphatic carbocycles. The molecule has 0 amide bonds. The number of hydrogen-bond acceptors (Lipinski definition) is 5. The number of imidazole rings is 1. The Kier molecular flexibility index (Phi) is 7.61. The van der Waals surface area contributed by atoms with Gasteiger partial charge >= 0.3 is 0 Å². The minimum absolute atomic E-state index is 0.0539. The van der Waals surface area contributed by atoms with Crippen molar-refractivity contribution in [2.45, 2.75) is 56.9 Å². The maximum atomic E-state index is 13.9. The molecule has 2 aromatic carbocycles. The van der Waals surface area contributed by atoms with Crippen LogP contribution in [0.4, 0.5) is 14.6 Å². The number of nitrogens with one attached hydrogen (secondary N) is 1. The largest absolute Gasteiger partial charge is 0.382 e. The molecule has 4 aromatic rings. The van der Waals surface area contributed by atoms with E-state index >= 15 is 0 Å². The molecule has 0 saturated heterocycles. The van der Waals surface area contributed by atoms with E-state index < -0.39 is 26.6 Å². The molecule has 186 valence electrons. The Labute approximate surface area is 203 Å². The predicted octanol–water partition coefficient (Wildman–Crippen LogP) is 4.94. The first-order valence-electron chi connectivity index (χ1n) is 11.8. The van der Waals surface area contributed by atoms with Crippen molar-refractivity contribution >= 4 is 37.8 Å². The van der Waals surface area contributed by atoms with E-state index in [1.165, 1.54) is 0 Å². The molecule has 0 radical (unpaired) electrons. The molecule has 3 N–H and O–H groups in total. The monoisotopic (exact) mass is 501 g/mol. The predicted molar refractivity (Wildman–Crippen MR) is 133 cm³/mol. The Morgan fingerprint density at radius 1 is 0.971 bits per heavy atom. The number of nitrogens with zero attached hydrogens (tertiary/aromatic N) is 3. The van der Waals surface area contributed by atoms with Gasteiger partial charge in [0.25, 0.3) is 0 Å². The summed E-state index contributed by atoms with van der Waals surface area (Å²) in [4.78, 5) is 8.36. The lowest BCUT2D eigenvalue weighted by Gasteiger charge is -2.12. The smallest absolute Gasteiger partial charge is 0.246 e. The zero-order chi connectivity index (χ0) is 25.0. The number of halogens is 2. The van der Waals surface area contributed by atoms with E-state index in [0.29, 0.717) is 30.7 Å². The average molecular weight is 502 g/mol. The fourth-order valence-electron chi connectivity index (χ4n) is 4.28. The maximum absolute atomic E-state index is 13.9. The molecule has 35 heavy (non-hydrogen) atoms. The van der Waals surface area contributed by atoms with Crippen molar-refractivity contribution in [3.05, 3.63) is 59.9 Å². The highest BCUT2D eigenvalue weighted by atomic mass is 32.2. The number of fused-ring (bicyclic) bond motifs is 3. The Morgan fingerprint density at radius 2 is 1.71 bits per heavy atom. The summed E-state index contributed by atoms with van der Waals surface area (Å²) in [6, 6.07) is 10.7. The normalized spacial score (nSPS) is 12.1. The molecule has 0 unspecified atom stereocenters. The molecule has 2 aromatic heterocycles. The lowest BCUT2D eigenvalue weighted by molar-refractivity contribution is 0.511. The molecule has 0 fully saturated rings. The van der Waals surface area contributed by atoms with Gasteiger partial charge in [-0.05, 0) is 37.5 Å². The average Bonchev–Trinajstić information content (AvgIpc) is 3.18. The van der Waals surface area contributed by atoms with Gasteiger partial charge < -0.3 is 10.3 Å². The van der Waals surface area contributed by atoms with Gasteiger partial charge in [-0.3, -0.25) is 0 Å². The first-order valence-corrected chi connectivity index (χ1v) is 13.3. The molecule has 0 aliphatic rings. The van der Waals surface area contributed by atoms with Gasteiger partial charge in [0, 0.05) is 24.9 Å². The molecule has 2 heterocycles. The van der Waals surface area contributed by atoms with Crippen LogP contribution in [0.5, 0.6) is 0 Å². The number of nitrogen functional groups attached to an aromatic ring is 1. The number of benzene rings is 2. The van der Waals surface area contributed by atoms with Crippen molar-refractivity contribution < 1.29 is 17.2 Å². The summed E-state index contributed by atoms with van der Waals surface area (Å²) in [7, 11) is -4.29. The van der Waals surface area contributed by atoms with Gasteiger partial charge in [0.2, 0.25) is 10.0 Å². The van der Waals surface area contributed by atoms with Gasteiger partial charge in [-0.25, -0.2) is 31.9 Å². The van der Waals surface area contributed by atoms with Crippen LogP contribution in [0.25, 0.3) is 21.9 Å². The Balaban J connectivity index is 1.53. The van der Waals surface area contributed by atoms with E-state index in [-0.39, 0.29) is 6.54 Å². The molecule has 0 bridgehead atoms. The highest BCUT2D eigenvalue weighted by Gasteiger charge is 2.23. The summed E-state index contributed by atoms with van der Waals surface area (Å²) >= 11 is 0. The number of hydrogen-bond donors (Lipinski definition) is 2. The van der Waals surface area contributed by atoms with E-state index in [1.807, 2.05) is 24.3 Å². The van der Waals surface area contributed by atoms with Gasteiger partial charge in [0.05, 0.1) is 11.0 Å². The molecule has 4 rings (SSSR count). The van der Waals surface area contributed by atoms with Gasteiger partial charge in [-0.1, -0.05) is 44.0 Å². The van der Waals surface area contributed by atoms with Crippen LogP contribution < -0.4 is 10.5 Å². The Morgan fingerprint density at radius 3 is 2.46 bits per heavy atom. The fourth-order valence-corrected chi connectivity index (χ4v) is 5.49. The third-order valence-corrected chi connectivity index (χ3v) is 7.49. The van der Waals surface area contributed by atoms with Crippen LogP contribution in [0.15, 0.2) is 47.4 Å². The van der Waals surface area contributed by atoms with Gasteiger partial charge in [0.15, 0.2) is 10.7 Å². The summed E-state index contributed by atoms with van der Waals surface area (Å²) < 4.78 is 57.1. The number of nitrogens with two attached hydrogens (primary N) is 1. The molecular weight excluding hydrogens is 472 g/mol. The second-order valence-electron chi connectivity index (χ2n) is 8.50. The number of anilines is 1. The SMILES string of the molecule is CCCCCc1nc2c(N)nc3ccccc3c2n1CCCCNS(=O)(=O)c1c(F)cccc1F. The van der Waals surface area contributed by atoms with Crippen molar-refractivity contribution in [1.82, 2.24) is 19.3 Å². The van der Waals surface area contributed by atoms with Crippen molar-refractivity contribution in [3.8, 4) is 0 Å². The second kappa shape index (κ2) is 10.7. The van der Waals surface area contributed by atoms with Crippen LogP contribution in [-0.2, 0) is 23.0 Å². The van der Waals surface area contributed by atoms with Crippen molar-refractivity contribution in [2.75, 3.05) is 12.3 Å².